The fourth-order valence-electron chi connectivity index (χ4n) is 2.83. The summed E-state index contributed by atoms with van der Waals surface area (Å²) in [7, 11) is 1.14. The lowest BCUT2D eigenvalue weighted by molar-refractivity contribution is -0.144. The minimum Gasteiger partial charge on any atom is -0.467 e. The summed E-state index contributed by atoms with van der Waals surface area (Å²) in [6.45, 7) is 6.14. The van der Waals surface area contributed by atoms with Gasteiger partial charge in [-0.3, -0.25) is 4.79 Å². The first-order valence-electron chi connectivity index (χ1n) is 10.3. The van der Waals surface area contributed by atoms with Crippen LogP contribution in [0.25, 0.3) is 11.1 Å². The van der Waals surface area contributed by atoms with Gasteiger partial charge in [0.05, 0.1) is 7.11 Å². The zero-order valence-corrected chi connectivity index (χ0v) is 20.6. The van der Waals surface area contributed by atoms with Crippen molar-refractivity contribution in [2.75, 3.05) is 12.9 Å². The van der Waals surface area contributed by atoms with E-state index in [0.717, 1.165) is 13.2 Å². The number of rotatable bonds is 7. The standard InChI is InChI=1S/C24H25F2NO7S/c1-13(28)27-19(22(30)32-5)12-35-23(31)33-20-9-6-14(16-8-7-15(25)11-18(16)26)10-17(20)21(29)34-24(2,3)4/h6-11,19H,12H2,1-5H3,(H,27,28)/t19-/m0/s1. The average Bonchev–Trinajstić information content (AvgIpc) is 2.75. The van der Waals surface area contributed by atoms with Gasteiger partial charge in [-0.15, -0.1) is 0 Å². The van der Waals surface area contributed by atoms with E-state index in [2.05, 4.69) is 10.1 Å². The Kier molecular flexibility index (Phi) is 9.35. The first kappa shape index (κ1) is 27.8. The van der Waals surface area contributed by atoms with Crippen LogP contribution in [0.5, 0.6) is 5.75 Å². The van der Waals surface area contributed by atoms with Gasteiger partial charge in [-0.1, -0.05) is 6.07 Å². The summed E-state index contributed by atoms with van der Waals surface area (Å²) < 4.78 is 42.9. The van der Waals surface area contributed by atoms with E-state index >= 15 is 0 Å². The third-order valence-corrected chi connectivity index (χ3v) is 5.08. The summed E-state index contributed by atoms with van der Waals surface area (Å²) in [5.41, 5.74) is -0.788. The molecule has 1 amide bonds. The molecule has 0 saturated heterocycles. The van der Waals surface area contributed by atoms with E-state index in [4.69, 9.17) is 9.47 Å². The first-order valence-corrected chi connectivity index (χ1v) is 11.3. The Morgan fingerprint density at radius 2 is 1.74 bits per heavy atom. The molecule has 2 rings (SSSR count). The predicted molar refractivity (Wildman–Crippen MR) is 125 cm³/mol. The van der Waals surface area contributed by atoms with Crippen molar-refractivity contribution in [3.63, 3.8) is 0 Å². The maximum Gasteiger partial charge on any atom is 0.372 e. The topological polar surface area (TPSA) is 108 Å². The Bertz CT molecular complexity index is 1130. The normalized spacial score (nSPS) is 11.9. The molecule has 0 heterocycles. The van der Waals surface area contributed by atoms with Gasteiger partial charge in [0.2, 0.25) is 5.91 Å². The molecule has 0 aromatic heterocycles. The summed E-state index contributed by atoms with van der Waals surface area (Å²) in [6, 6.07) is 5.85. The molecule has 11 heteroatoms. The van der Waals surface area contributed by atoms with E-state index < -0.39 is 46.4 Å². The highest BCUT2D eigenvalue weighted by atomic mass is 32.2. The molecule has 0 bridgehead atoms. The number of carbonyl (C=O) groups excluding carboxylic acids is 4. The van der Waals surface area contributed by atoms with Gasteiger partial charge in [-0.2, -0.15) is 0 Å². The fraction of sp³-hybridized carbons (Fsp3) is 0.333. The third-order valence-electron chi connectivity index (χ3n) is 4.26. The molecule has 188 valence electrons. The van der Waals surface area contributed by atoms with E-state index in [1.807, 2.05) is 0 Å². The maximum atomic E-state index is 14.3. The molecule has 35 heavy (non-hydrogen) atoms. The average molecular weight is 510 g/mol. The molecule has 0 aliphatic rings. The molecule has 1 N–H and O–H groups in total. The fourth-order valence-corrected chi connectivity index (χ4v) is 3.50. The molecular weight excluding hydrogens is 484 g/mol. The summed E-state index contributed by atoms with van der Waals surface area (Å²) in [6.07, 6.45) is 0. The van der Waals surface area contributed by atoms with Gasteiger partial charge < -0.3 is 19.5 Å². The van der Waals surface area contributed by atoms with Crippen molar-refractivity contribution in [1.29, 1.82) is 0 Å². The number of ether oxygens (including phenoxy) is 3. The highest BCUT2D eigenvalue weighted by Crippen LogP contribution is 2.31. The van der Waals surface area contributed by atoms with E-state index in [1.165, 1.54) is 31.2 Å². The second-order valence-electron chi connectivity index (χ2n) is 8.28. The Balaban J connectivity index is 2.32. The summed E-state index contributed by atoms with van der Waals surface area (Å²) >= 11 is 0.573. The van der Waals surface area contributed by atoms with Crippen LogP contribution in [0.3, 0.4) is 0 Å². The van der Waals surface area contributed by atoms with Crippen LogP contribution in [-0.2, 0) is 19.1 Å². The van der Waals surface area contributed by atoms with Gasteiger partial charge >= 0.3 is 17.2 Å². The molecule has 0 aliphatic heterocycles. The van der Waals surface area contributed by atoms with Crippen LogP contribution < -0.4 is 10.1 Å². The quantitative estimate of drug-likeness (QED) is 0.544. The summed E-state index contributed by atoms with van der Waals surface area (Å²) in [5.74, 6) is -4.03. The SMILES string of the molecule is COC(=O)[C@H](CSC(=O)Oc1ccc(-c2ccc(F)cc2F)cc1C(=O)OC(C)(C)C)NC(C)=O. The van der Waals surface area contributed by atoms with Crippen LogP contribution in [-0.4, -0.2) is 47.7 Å². The molecule has 2 aromatic carbocycles. The number of methoxy groups -OCH3 is 1. The zero-order valence-electron chi connectivity index (χ0n) is 19.8. The highest BCUT2D eigenvalue weighted by Gasteiger charge is 2.26. The van der Waals surface area contributed by atoms with Gasteiger partial charge in [0.1, 0.15) is 34.6 Å². The van der Waals surface area contributed by atoms with Gasteiger partial charge in [0.15, 0.2) is 0 Å². The summed E-state index contributed by atoms with van der Waals surface area (Å²) in [5, 5.41) is 1.48. The molecular formula is C24H25F2NO7S. The lowest BCUT2D eigenvalue weighted by Crippen LogP contribution is -2.42. The number of halogens is 2. The second kappa shape index (κ2) is 11.8. The summed E-state index contributed by atoms with van der Waals surface area (Å²) in [4.78, 5) is 48.4. The van der Waals surface area contributed by atoms with Crippen molar-refractivity contribution in [2.45, 2.75) is 39.3 Å². The Labute approximate surface area is 205 Å². The van der Waals surface area contributed by atoms with Crippen molar-refractivity contribution in [2.24, 2.45) is 0 Å². The monoisotopic (exact) mass is 509 g/mol. The molecule has 0 saturated carbocycles. The number of benzene rings is 2. The van der Waals surface area contributed by atoms with Crippen molar-refractivity contribution in [3.05, 3.63) is 53.6 Å². The van der Waals surface area contributed by atoms with Gasteiger partial charge in [0.25, 0.3) is 0 Å². The largest absolute Gasteiger partial charge is 0.467 e. The Morgan fingerprint density at radius 1 is 1.06 bits per heavy atom. The maximum absolute atomic E-state index is 14.3. The number of esters is 2. The van der Waals surface area contributed by atoms with Gasteiger partial charge in [-0.05, 0) is 62.4 Å². The molecule has 1 atom stereocenters. The number of nitrogens with one attached hydrogen (secondary N) is 1. The molecule has 0 aliphatic carbocycles. The van der Waals surface area contributed by atoms with Crippen molar-refractivity contribution in [3.8, 4) is 16.9 Å². The van der Waals surface area contributed by atoms with Gasteiger partial charge in [-0.25, -0.2) is 23.2 Å². The van der Waals surface area contributed by atoms with Crippen molar-refractivity contribution >= 4 is 34.9 Å². The highest BCUT2D eigenvalue weighted by molar-refractivity contribution is 8.13. The predicted octanol–water partition coefficient (Wildman–Crippen LogP) is 4.50. The minimum atomic E-state index is -1.09. The molecule has 0 fully saturated rings. The number of hydrogen-bond donors (Lipinski definition) is 1. The number of thioether (sulfide) groups is 1. The van der Waals surface area contributed by atoms with Crippen LogP contribution >= 0.6 is 11.8 Å². The lowest BCUT2D eigenvalue weighted by Gasteiger charge is -2.21. The molecule has 8 nitrogen and oxygen atoms in total. The van der Waals surface area contributed by atoms with E-state index in [-0.39, 0.29) is 28.2 Å². The lowest BCUT2D eigenvalue weighted by atomic mass is 10.0. The van der Waals surface area contributed by atoms with E-state index in [9.17, 15) is 28.0 Å². The van der Waals surface area contributed by atoms with Gasteiger partial charge in [0, 0.05) is 24.3 Å². The van der Waals surface area contributed by atoms with Crippen LogP contribution in [0.1, 0.15) is 38.1 Å². The van der Waals surface area contributed by atoms with Crippen LogP contribution in [0.4, 0.5) is 13.6 Å². The van der Waals surface area contributed by atoms with Crippen LogP contribution in [0.2, 0.25) is 0 Å². The smallest absolute Gasteiger partial charge is 0.372 e. The molecule has 2 aromatic rings. The van der Waals surface area contributed by atoms with Crippen LogP contribution in [0, 0.1) is 11.6 Å². The Morgan fingerprint density at radius 3 is 2.31 bits per heavy atom. The first-order chi connectivity index (χ1) is 16.3. The molecule has 0 unspecified atom stereocenters. The van der Waals surface area contributed by atoms with Crippen molar-refractivity contribution in [1.82, 2.24) is 5.32 Å². The van der Waals surface area contributed by atoms with E-state index in [0.29, 0.717) is 17.8 Å². The minimum absolute atomic E-state index is 0.0275. The zero-order chi connectivity index (χ0) is 26.3. The number of amides is 1. The molecule has 0 spiro atoms. The Hall–Kier alpha value is -3.47. The number of carbonyl (C=O) groups is 4. The second-order valence-corrected chi connectivity index (χ2v) is 9.23. The number of hydrogen-bond acceptors (Lipinski definition) is 8. The molecule has 0 radical (unpaired) electrons. The van der Waals surface area contributed by atoms with Crippen LogP contribution in [0.15, 0.2) is 36.4 Å². The van der Waals surface area contributed by atoms with E-state index in [1.54, 1.807) is 20.8 Å². The van der Waals surface area contributed by atoms with Crippen molar-refractivity contribution < 1.29 is 42.2 Å². The third kappa shape index (κ3) is 8.36.